The Bertz CT molecular complexity index is 667. The van der Waals surface area contributed by atoms with Crippen LogP contribution in [0, 0.1) is 0 Å². The van der Waals surface area contributed by atoms with E-state index in [0.29, 0.717) is 16.7 Å². The number of ether oxygens (including phenoxy) is 1. The van der Waals surface area contributed by atoms with E-state index in [4.69, 9.17) is 27.9 Å². The van der Waals surface area contributed by atoms with Crippen LogP contribution < -0.4 is 10.1 Å². The summed E-state index contributed by atoms with van der Waals surface area (Å²) in [7, 11) is 0. The van der Waals surface area contributed by atoms with Crippen molar-refractivity contribution < 1.29 is 4.74 Å². The minimum absolute atomic E-state index is 0. The molecule has 1 N–H and O–H groups in total. The zero-order valence-corrected chi connectivity index (χ0v) is 18.1. The highest BCUT2D eigenvalue weighted by Crippen LogP contribution is 2.26. The molecule has 0 heterocycles. The predicted octanol–water partition coefficient (Wildman–Crippen LogP) is 7.04. The first kappa shape index (κ1) is 22.6. The van der Waals surface area contributed by atoms with Gasteiger partial charge >= 0.3 is 0 Å². The summed E-state index contributed by atoms with van der Waals surface area (Å²) in [6.07, 6.45) is 3.68. The summed E-state index contributed by atoms with van der Waals surface area (Å²) in [6, 6.07) is 11.5. The fourth-order valence-electron chi connectivity index (χ4n) is 2.34. The Morgan fingerprint density at radius 1 is 1.04 bits per heavy atom. The van der Waals surface area contributed by atoms with E-state index in [9.17, 15) is 0 Å². The average Bonchev–Trinajstić information content (AvgIpc) is 2.55. The van der Waals surface area contributed by atoms with Gasteiger partial charge in [-0.25, -0.2) is 0 Å². The molecule has 0 unspecified atom stereocenters. The molecule has 0 aliphatic carbocycles. The molecule has 2 aromatic rings. The summed E-state index contributed by atoms with van der Waals surface area (Å²) in [5.41, 5.74) is 2.05. The molecular formula is C19H23BrCl3NO. The Labute approximate surface area is 174 Å². The van der Waals surface area contributed by atoms with Crippen LogP contribution in [0.3, 0.4) is 0 Å². The lowest BCUT2D eigenvalue weighted by Crippen LogP contribution is -2.15. The fraction of sp³-hybridized carbons (Fsp3) is 0.368. The predicted molar refractivity (Wildman–Crippen MR) is 113 cm³/mol. The molecule has 0 aliphatic rings. The van der Waals surface area contributed by atoms with Crippen molar-refractivity contribution in [2.75, 3.05) is 6.54 Å². The monoisotopic (exact) mass is 465 g/mol. The van der Waals surface area contributed by atoms with Crippen molar-refractivity contribution in [2.45, 2.75) is 39.3 Å². The lowest BCUT2D eigenvalue weighted by Gasteiger charge is -2.14. The summed E-state index contributed by atoms with van der Waals surface area (Å²) < 4.78 is 7.03. The summed E-state index contributed by atoms with van der Waals surface area (Å²) >= 11 is 15.7. The molecule has 0 saturated heterocycles. The van der Waals surface area contributed by atoms with Gasteiger partial charge in [-0.05, 0) is 43.3 Å². The van der Waals surface area contributed by atoms with Crippen LogP contribution in [0.1, 0.15) is 37.3 Å². The Morgan fingerprint density at radius 2 is 1.84 bits per heavy atom. The number of benzene rings is 2. The third-order valence-corrected chi connectivity index (χ3v) is 4.77. The van der Waals surface area contributed by atoms with Gasteiger partial charge < -0.3 is 10.1 Å². The van der Waals surface area contributed by atoms with Gasteiger partial charge in [0.25, 0.3) is 0 Å². The van der Waals surface area contributed by atoms with Crippen molar-refractivity contribution in [1.29, 1.82) is 0 Å². The van der Waals surface area contributed by atoms with Crippen LogP contribution in [0.2, 0.25) is 10.0 Å². The molecule has 0 amide bonds. The van der Waals surface area contributed by atoms with Crippen LogP contribution >= 0.6 is 51.5 Å². The van der Waals surface area contributed by atoms with E-state index in [1.165, 1.54) is 19.3 Å². The largest absolute Gasteiger partial charge is 0.489 e. The Hall–Kier alpha value is -0.450. The molecule has 6 heteroatoms. The molecule has 2 nitrogen and oxygen atoms in total. The number of rotatable bonds is 9. The number of unbranched alkanes of at least 4 members (excludes halogenated alkanes) is 2. The normalized spacial score (nSPS) is 10.4. The van der Waals surface area contributed by atoms with Gasteiger partial charge in [0.15, 0.2) is 0 Å². The molecular weight excluding hydrogens is 444 g/mol. The molecule has 0 spiro atoms. The van der Waals surface area contributed by atoms with Gasteiger partial charge in [-0.15, -0.1) is 12.4 Å². The van der Waals surface area contributed by atoms with Gasteiger partial charge in [0.2, 0.25) is 0 Å². The summed E-state index contributed by atoms with van der Waals surface area (Å²) in [5.74, 6) is 0.868. The lowest BCUT2D eigenvalue weighted by molar-refractivity contribution is 0.302. The van der Waals surface area contributed by atoms with E-state index in [1.807, 2.05) is 24.3 Å². The molecule has 0 aliphatic heterocycles. The van der Waals surface area contributed by atoms with Crippen molar-refractivity contribution in [1.82, 2.24) is 5.32 Å². The van der Waals surface area contributed by atoms with E-state index >= 15 is 0 Å². The van der Waals surface area contributed by atoms with Gasteiger partial charge in [-0.3, -0.25) is 0 Å². The van der Waals surface area contributed by atoms with Gasteiger partial charge in [0.05, 0.1) is 0 Å². The van der Waals surface area contributed by atoms with E-state index in [2.05, 4.69) is 34.2 Å². The van der Waals surface area contributed by atoms with Gasteiger partial charge in [-0.1, -0.05) is 65.0 Å². The molecule has 2 aromatic carbocycles. The van der Waals surface area contributed by atoms with Crippen LogP contribution in [0.15, 0.2) is 40.9 Å². The van der Waals surface area contributed by atoms with Crippen molar-refractivity contribution in [3.05, 3.63) is 62.0 Å². The highest BCUT2D eigenvalue weighted by atomic mass is 79.9. The molecule has 2 rings (SSSR count). The van der Waals surface area contributed by atoms with Crippen molar-refractivity contribution in [2.24, 2.45) is 0 Å². The summed E-state index contributed by atoms with van der Waals surface area (Å²) in [4.78, 5) is 0. The first-order valence-electron chi connectivity index (χ1n) is 8.16. The van der Waals surface area contributed by atoms with E-state index in [0.717, 1.165) is 34.4 Å². The molecule has 0 aromatic heterocycles. The molecule has 0 saturated carbocycles. The SMILES string of the molecule is CCCCCNCc1cc(Br)ccc1OCc1ccc(Cl)cc1Cl.Cl. The number of nitrogens with one attached hydrogen (secondary N) is 1. The van der Waals surface area contributed by atoms with Crippen molar-refractivity contribution >= 4 is 51.5 Å². The minimum Gasteiger partial charge on any atom is -0.489 e. The van der Waals surface area contributed by atoms with Crippen LogP contribution in [-0.2, 0) is 13.2 Å². The Morgan fingerprint density at radius 3 is 2.56 bits per heavy atom. The molecule has 0 bridgehead atoms. The zero-order chi connectivity index (χ0) is 17.4. The maximum absolute atomic E-state index is 6.21. The second-order valence-electron chi connectivity index (χ2n) is 5.66. The molecule has 0 radical (unpaired) electrons. The second kappa shape index (κ2) is 12.0. The topological polar surface area (TPSA) is 21.3 Å². The maximum Gasteiger partial charge on any atom is 0.124 e. The average molecular weight is 468 g/mol. The van der Waals surface area contributed by atoms with Crippen molar-refractivity contribution in [3.8, 4) is 5.75 Å². The highest BCUT2D eigenvalue weighted by Gasteiger charge is 2.07. The van der Waals surface area contributed by atoms with Gasteiger partial charge in [0.1, 0.15) is 12.4 Å². The summed E-state index contributed by atoms with van der Waals surface area (Å²) in [5, 5.41) is 4.73. The van der Waals surface area contributed by atoms with E-state index < -0.39 is 0 Å². The number of hydrogen-bond acceptors (Lipinski definition) is 2. The van der Waals surface area contributed by atoms with Crippen molar-refractivity contribution in [3.63, 3.8) is 0 Å². The lowest BCUT2D eigenvalue weighted by atomic mass is 10.2. The smallest absolute Gasteiger partial charge is 0.124 e. The van der Waals surface area contributed by atoms with E-state index in [-0.39, 0.29) is 12.4 Å². The maximum atomic E-state index is 6.21. The van der Waals surface area contributed by atoms with Crippen LogP contribution in [0.25, 0.3) is 0 Å². The quantitative estimate of drug-likeness (QED) is 0.400. The molecule has 138 valence electrons. The minimum atomic E-state index is 0. The highest BCUT2D eigenvalue weighted by molar-refractivity contribution is 9.10. The van der Waals surface area contributed by atoms with Gasteiger partial charge in [-0.2, -0.15) is 0 Å². The fourth-order valence-corrected chi connectivity index (χ4v) is 3.22. The summed E-state index contributed by atoms with van der Waals surface area (Å²) in [6.45, 7) is 4.43. The van der Waals surface area contributed by atoms with Crippen LogP contribution in [0.5, 0.6) is 5.75 Å². The molecule has 0 atom stereocenters. The third kappa shape index (κ3) is 7.76. The Balaban J connectivity index is 0.00000312. The Kier molecular flexibility index (Phi) is 10.9. The van der Waals surface area contributed by atoms with Gasteiger partial charge in [0, 0.05) is 32.2 Å². The third-order valence-electron chi connectivity index (χ3n) is 3.69. The zero-order valence-electron chi connectivity index (χ0n) is 14.2. The number of hydrogen-bond donors (Lipinski definition) is 1. The first-order valence-corrected chi connectivity index (χ1v) is 9.71. The second-order valence-corrected chi connectivity index (χ2v) is 7.42. The molecule has 25 heavy (non-hydrogen) atoms. The van der Waals surface area contributed by atoms with Crippen LogP contribution in [-0.4, -0.2) is 6.54 Å². The molecule has 0 fully saturated rings. The van der Waals surface area contributed by atoms with E-state index in [1.54, 1.807) is 6.07 Å². The first-order chi connectivity index (χ1) is 11.6. The van der Waals surface area contributed by atoms with Crippen LogP contribution in [0.4, 0.5) is 0 Å². The standard InChI is InChI=1S/C19H22BrCl2NO.ClH/c1-2-3-4-9-23-12-15-10-16(20)6-8-19(15)24-13-14-5-7-17(21)11-18(14)22;/h5-8,10-11,23H,2-4,9,12-13H2,1H3;1H. The number of halogens is 4.